The first kappa shape index (κ1) is 18.3. The first-order chi connectivity index (χ1) is 13.1. The number of halogens is 2. The van der Waals surface area contributed by atoms with Crippen molar-refractivity contribution < 1.29 is 4.79 Å². The number of hydrogen-bond donors (Lipinski definition) is 1. The molecule has 0 radical (unpaired) electrons. The van der Waals surface area contributed by atoms with Gasteiger partial charge in [-0.15, -0.1) is 0 Å². The minimum absolute atomic E-state index is 0.0130. The van der Waals surface area contributed by atoms with Crippen molar-refractivity contribution in [1.29, 1.82) is 0 Å². The van der Waals surface area contributed by atoms with Crippen molar-refractivity contribution in [1.82, 2.24) is 15.1 Å². The van der Waals surface area contributed by atoms with Crippen LogP contribution in [0.4, 0.5) is 0 Å². The molecule has 1 aliphatic rings. The maximum absolute atomic E-state index is 13.1. The first-order valence-corrected chi connectivity index (χ1v) is 10.2. The average Bonchev–Trinajstić information content (AvgIpc) is 3.21. The van der Waals surface area contributed by atoms with E-state index in [2.05, 4.69) is 45.2 Å². The molecule has 0 fully saturated rings. The van der Waals surface area contributed by atoms with Gasteiger partial charge < -0.3 is 4.90 Å². The summed E-state index contributed by atoms with van der Waals surface area (Å²) in [7, 11) is 0. The second-order valence-electron chi connectivity index (χ2n) is 6.67. The predicted octanol–water partition coefficient (Wildman–Crippen LogP) is 5.84. The van der Waals surface area contributed by atoms with Gasteiger partial charge in [-0.05, 0) is 36.2 Å². The number of aromatic nitrogens is 2. The molecule has 0 aliphatic carbocycles. The molecule has 1 amide bonds. The van der Waals surface area contributed by atoms with Gasteiger partial charge in [0, 0.05) is 27.2 Å². The fraction of sp³-hybridized carbons (Fsp3) is 0.238. The first-order valence-electron chi connectivity index (χ1n) is 9.00. The van der Waals surface area contributed by atoms with Crippen LogP contribution in [-0.4, -0.2) is 27.5 Å². The summed E-state index contributed by atoms with van der Waals surface area (Å²) < 4.78 is 1.01. The quantitative estimate of drug-likeness (QED) is 0.537. The fourth-order valence-electron chi connectivity index (χ4n) is 3.58. The van der Waals surface area contributed by atoms with Gasteiger partial charge in [-0.25, -0.2) is 0 Å². The summed E-state index contributed by atoms with van der Waals surface area (Å²) in [5.41, 5.74) is 4.37. The molecule has 138 valence electrons. The molecule has 1 aromatic heterocycles. The van der Waals surface area contributed by atoms with E-state index >= 15 is 0 Å². The summed E-state index contributed by atoms with van der Waals surface area (Å²) in [6, 6.07) is 15.6. The highest BCUT2D eigenvalue weighted by molar-refractivity contribution is 9.10. The highest BCUT2D eigenvalue weighted by atomic mass is 79.9. The highest BCUT2D eigenvalue weighted by Gasteiger charge is 2.41. The van der Waals surface area contributed by atoms with E-state index in [1.54, 1.807) is 0 Å². The zero-order valence-electron chi connectivity index (χ0n) is 14.9. The van der Waals surface area contributed by atoms with E-state index in [1.165, 1.54) is 0 Å². The summed E-state index contributed by atoms with van der Waals surface area (Å²) in [5.74, 6) is 0.0130. The smallest absolute Gasteiger partial charge is 0.273 e. The number of rotatable bonds is 5. The van der Waals surface area contributed by atoms with Crippen LogP contribution in [-0.2, 0) is 0 Å². The maximum atomic E-state index is 13.1. The molecule has 2 aromatic carbocycles. The monoisotopic (exact) mass is 443 g/mol. The second-order valence-corrected chi connectivity index (χ2v) is 8.03. The fourth-order valence-corrected chi connectivity index (χ4v) is 3.97. The Morgan fingerprint density at radius 3 is 2.52 bits per heavy atom. The summed E-state index contributed by atoms with van der Waals surface area (Å²) in [6.45, 7) is 2.85. The number of benzene rings is 2. The Balaban J connectivity index is 1.84. The Kier molecular flexibility index (Phi) is 5.06. The molecule has 0 saturated heterocycles. The molecule has 4 nitrogen and oxygen atoms in total. The van der Waals surface area contributed by atoms with E-state index in [4.69, 9.17) is 11.6 Å². The summed E-state index contributed by atoms with van der Waals surface area (Å²) in [4.78, 5) is 15.0. The van der Waals surface area contributed by atoms with Gasteiger partial charge in [0.15, 0.2) is 0 Å². The van der Waals surface area contributed by atoms with Crippen LogP contribution in [0.1, 0.15) is 47.4 Å². The summed E-state index contributed by atoms with van der Waals surface area (Å²) in [5, 5.41) is 8.13. The molecule has 0 bridgehead atoms. The van der Waals surface area contributed by atoms with Crippen LogP contribution in [0.15, 0.2) is 53.0 Å². The van der Waals surface area contributed by atoms with Gasteiger partial charge >= 0.3 is 0 Å². The number of fused-ring (bicyclic) bond motifs is 1. The van der Waals surface area contributed by atoms with Crippen molar-refractivity contribution in [3.63, 3.8) is 0 Å². The van der Waals surface area contributed by atoms with E-state index < -0.39 is 0 Å². The number of H-pyrrole nitrogens is 1. The van der Waals surface area contributed by atoms with E-state index in [1.807, 2.05) is 41.3 Å². The van der Waals surface area contributed by atoms with Gasteiger partial charge in [0.25, 0.3) is 5.91 Å². The molecule has 2 heterocycles. The molecule has 3 aromatic rings. The van der Waals surface area contributed by atoms with Gasteiger partial charge in [0.2, 0.25) is 0 Å². The largest absolute Gasteiger partial charge is 0.326 e. The van der Waals surface area contributed by atoms with Crippen molar-refractivity contribution >= 4 is 33.4 Å². The Morgan fingerprint density at radius 2 is 1.85 bits per heavy atom. The maximum Gasteiger partial charge on any atom is 0.273 e. The minimum Gasteiger partial charge on any atom is -0.326 e. The van der Waals surface area contributed by atoms with Crippen molar-refractivity contribution in [2.45, 2.75) is 25.8 Å². The molecule has 1 N–H and O–H groups in total. The molecule has 0 spiro atoms. The lowest BCUT2D eigenvalue weighted by atomic mass is 9.96. The number of carbonyl (C=O) groups excluding carboxylic acids is 1. The molecule has 4 rings (SSSR count). The SMILES string of the molecule is CCCCN1C(=O)c2[nH]nc(-c3ccc(Cl)cc3)c2C1c1ccc(Br)cc1. The van der Waals surface area contributed by atoms with Crippen molar-refractivity contribution in [3.8, 4) is 11.3 Å². The molecule has 6 heteroatoms. The van der Waals surface area contributed by atoms with Crippen LogP contribution in [0, 0.1) is 0 Å². The normalized spacial score (nSPS) is 16.0. The zero-order chi connectivity index (χ0) is 19.0. The van der Waals surface area contributed by atoms with Gasteiger partial charge in [-0.2, -0.15) is 5.10 Å². The zero-order valence-corrected chi connectivity index (χ0v) is 17.2. The van der Waals surface area contributed by atoms with Crippen molar-refractivity contribution in [2.24, 2.45) is 0 Å². The van der Waals surface area contributed by atoms with Crippen LogP contribution in [0.3, 0.4) is 0 Å². The number of unbranched alkanes of at least 4 members (excludes halogenated alkanes) is 1. The molecule has 1 aliphatic heterocycles. The molecule has 27 heavy (non-hydrogen) atoms. The summed E-state index contributed by atoms with van der Waals surface area (Å²) >= 11 is 9.53. The number of aromatic amines is 1. The average molecular weight is 445 g/mol. The number of carbonyl (C=O) groups is 1. The van der Waals surface area contributed by atoms with E-state index in [0.717, 1.165) is 46.2 Å². The van der Waals surface area contributed by atoms with E-state index in [0.29, 0.717) is 10.7 Å². The number of nitrogens with one attached hydrogen (secondary N) is 1. The third kappa shape index (κ3) is 3.30. The van der Waals surface area contributed by atoms with Gasteiger partial charge in [-0.3, -0.25) is 9.89 Å². The molecule has 0 saturated carbocycles. The molecular formula is C21H19BrClN3O. The van der Waals surface area contributed by atoms with Crippen LogP contribution in [0.5, 0.6) is 0 Å². The third-order valence-corrected chi connectivity index (χ3v) is 5.70. The van der Waals surface area contributed by atoms with Crippen LogP contribution in [0.2, 0.25) is 5.02 Å². The molecule has 1 atom stereocenters. The number of amides is 1. The number of nitrogens with zero attached hydrogens (tertiary/aromatic N) is 2. The molecular weight excluding hydrogens is 426 g/mol. The van der Waals surface area contributed by atoms with E-state index in [-0.39, 0.29) is 11.9 Å². The third-order valence-electron chi connectivity index (χ3n) is 4.92. The predicted molar refractivity (Wildman–Crippen MR) is 111 cm³/mol. The Hall–Kier alpha value is -2.11. The lowest BCUT2D eigenvalue weighted by molar-refractivity contribution is 0.0741. The standard InChI is InChI=1S/C21H19BrClN3O/c1-2-3-12-26-20(14-4-8-15(22)9-5-14)17-18(24-25-19(17)21(26)27)13-6-10-16(23)11-7-13/h4-11,20H,2-3,12H2,1H3,(H,24,25). The Bertz CT molecular complexity index is 966. The van der Waals surface area contributed by atoms with Gasteiger partial charge in [0.05, 0.1) is 11.7 Å². The summed E-state index contributed by atoms with van der Waals surface area (Å²) in [6.07, 6.45) is 2.00. The van der Waals surface area contributed by atoms with Crippen LogP contribution < -0.4 is 0 Å². The Morgan fingerprint density at radius 1 is 1.15 bits per heavy atom. The van der Waals surface area contributed by atoms with Gasteiger partial charge in [0.1, 0.15) is 5.69 Å². The lowest BCUT2D eigenvalue weighted by Gasteiger charge is -2.26. The highest BCUT2D eigenvalue weighted by Crippen LogP contribution is 2.43. The number of hydrogen-bond acceptors (Lipinski definition) is 2. The van der Waals surface area contributed by atoms with Crippen LogP contribution in [0.25, 0.3) is 11.3 Å². The second kappa shape index (κ2) is 7.49. The topological polar surface area (TPSA) is 49.0 Å². The van der Waals surface area contributed by atoms with Gasteiger partial charge in [-0.1, -0.05) is 65.1 Å². The van der Waals surface area contributed by atoms with Crippen molar-refractivity contribution in [2.75, 3.05) is 6.54 Å². The Labute approximate surface area is 171 Å². The lowest BCUT2D eigenvalue weighted by Crippen LogP contribution is -2.30. The van der Waals surface area contributed by atoms with Crippen molar-refractivity contribution in [3.05, 3.63) is 74.8 Å². The van der Waals surface area contributed by atoms with Crippen LogP contribution >= 0.6 is 27.5 Å². The molecule has 1 unspecified atom stereocenters. The minimum atomic E-state index is -0.142. The van der Waals surface area contributed by atoms with E-state index in [9.17, 15) is 4.79 Å².